The summed E-state index contributed by atoms with van der Waals surface area (Å²) in [6.07, 6.45) is 0.495. The Bertz CT molecular complexity index is 458. The molecule has 0 aliphatic rings. The van der Waals surface area contributed by atoms with Crippen LogP contribution in [0.2, 0.25) is 0 Å². The standard InChI is InChI=1S/C16H25BrN2O2/c1-12(13-8-5-6-9-14(13)17)18-10-7-11-19-15(20)21-16(2,3)4/h5-6,8-9,12,18H,7,10-11H2,1-4H3,(H,19,20). The van der Waals surface area contributed by atoms with Crippen LogP contribution in [0.15, 0.2) is 28.7 Å². The second-order valence-electron chi connectivity index (χ2n) is 5.98. The first-order valence-electron chi connectivity index (χ1n) is 7.24. The van der Waals surface area contributed by atoms with E-state index in [4.69, 9.17) is 4.74 Å². The van der Waals surface area contributed by atoms with Crippen LogP contribution >= 0.6 is 15.9 Å². The van der Waals surface area contributed by atoms with Crippen LogP contribution in [0.25, 0.3) is 0 Å². The number of hydrogen-bond donors (Lipinski definition) is 2. The number of benzene rings is 1. The average molecular weight is 357 g/mol. The maximum Gasteiger partial charge on any atom is 0.407 e. The van der Waals surface area contributed by atoms with E-state index >= 15 is 0 Å². The van der Waals surface area contributed by atoms with Gasteiger partial charge >= 0.3 is 6.09 Å². The zero-order valence-electron chi connectivity index (χ0n) is 13.2. The topological polar surface area (TPSA) is 50.4 Å². The van der Waals surface area contributed by atoms with Gasteiger partial charge in [0, 0.05) is 17.1 Å². The molecule has 21 heavy (non-hydrogen) atoms. The van der Waals surface area contributed by atoms with Crippen LogP contribution in [0, 0.1) is 0 Å². The fraction of sp³-hybridized carbons (Fsp3) is 0.562. The molecular weight excluding hydrogens is 332 g/mol. The summed E-state index contributed by atoms with van der Waals surface area (Å²) in [5.41, 5.74) is 0.786. The van der Waals surface area contributed by atoms with Gasteiger partial charge in [-0.25, -0.2) is 4.79 Å². The molecule has 4 nitrogen and oxygen atoms in total. The van der Waals surface area contributed by atoms with Crippen molar-refractivity contribution >= 4 is 22.0 Å². The maximum atomic E-state index is 11.5. The van der Waals surface area contributed by atoms with Gasteiger partial charge in [0.05, 0.1) is 0 Å². The minimum Gasteiger partial charge on any atom is -0.444 e. The third kappa shape index (κ3) is 7.48. The molecule has 1 aromatic carbocycles. The van der Waals surface area contributed by atoms with Crippen molar-refractivity contribution in [3.63, 3.8) is 0 Å². The highest BCUT2D eigenvalue weighted by molar-refractivity contribution is 9.10. The Morgan fingerprint density at radius 1 is 1.29 bits per heavy atom. The lowest BCUT2D eigenvalue weighted by atomic mass is 10.1. The van der Waals surface area contributed by atoms with Crippen molar-refractivity contribution in [1.29, 1.82) is 0 Å². The molecular formula is C16H25BrN2O2. The van der Waals surface area contributed by atoms with Crippen molar-refractivity contribution in [2.45, 2.75) is 45.8 Å². The number of nitrogens with one attached hydrogen (secondary N) is 2. The Hall–Kier alpha value is -1.07. The number of hydrogen-bond acceptors (Lipinski definition) is 3. The number of rotatable bonds is 6. The summed E-state index contributed by atoms with van der Waals surface area (Å²) in [6.45, 7) is 9.12. The molecule has 0 spiro atoms. The van der Waals surface area contributed by atoms with Crippen LogP contribution in [0.3, 0.4) is 0 Å². The fourth-order valence-electron chi connectivity index (χ4n) is 1.85. The molecule has 1 rings (SSSR count). The molecule has 0 saturated carbocycles. The van der Waals surface area contributed by atoms with E-state index in [9.17, 15) is 4.79 Å². The Kier molecular flexibility index (Phi) is 7.18. The Labute approximate surface area is 135 Å². The number of carbonyl (C=O) groups excluding carboxylic acids is 1. The SMILES string of the molecule is CC(NCCCNC(=O)OC(C)(C)C)c1ccccc1Br. The van der Waals surface area contributed by atoms with E-state index in [2.05, 4.69) is 39.6 Å². The Balaban J connectivity index is 2.20. The van der Waals surface area contributed by atoms with Gasteiger partial charge in [0.1, 0.15) is 5.60 Å². The first-order valence-corrected chi connectivity index (χ1v) is 8.03. The second kappa shape index (κ2) is 8.39. The highest BCUT2D eigenvalue weighted by atomic mass is 79.9. The summed E-state index contributed by atoms with van der Waals surface area (Å²) in [7, 11) is 0. The van der Waals surface area contributed by atoms with Crippen LogP contribution in [-0.4, -0.2) is 24.8 Å². The lowest BCUT2D eigenvalue weighted by Gasteiger charge is -2.20. The van der Waals surface area contributed by atoms with Gasteiger partial charge in [0.15, 0.2) is 0 Å². The zero-order chi connectivity index (χ0) is 15.9. The van der Waals surface area contributed by atoms with Crippen LogP contribution in [0.4, 0.5) is 4.79 Å². The smallest absolute Gasteiger partial charge is 0.407 e. The first-order chi connectivity index (χ1) is 9.79. The number of halogens is 1. The van der Waals surface area contributed by atoms with Crippen molar-refractivity contribution < 1.29 is 9.53 Å². The van der Waals surface area contributed by atoms with Gasteiger partial charge < -0.3 is 15.4 Å². The van der Waals surface area contributed by atoms with E-state index in [1.54, 1.807) is 0 Å². The molecule has 1 atom stereocenters. The zero-order valence-corrected chi connectivity index (χ0v) is 14.8. The largest absolute Gasteiger partial charge is 0.444 e. The third-order valence-corrected chi connectivity index (χ3v) is 3.57. The second-order valence-corrected chi connectivity index (χ2v) is 6.83. The van der Waals surface area contributed by atoms with Gasteiger partial charge in [-0.3, -0.25) is 0 Å². The van der Waals surface area contributed by atoms with Crippen LogP contribution in [-0.2, 0) is 4.74 Å². The normalized spacial score (nSPS) is 12.8. The Morgan fingerprint density at radius 3 is 2.57 bits per heavy atom. The quantitative estimate of drug-likeness (QED) is 0.757. The molecule has 0 bridgehead atoms. The molecule has 0 heterocycles. The number of amides is 1. The monoisotopic (exact) mass is 356 g/mol. The minimum absolute atomic E-state index is 0.266. The lowest BCUT2D eigenvalue weighted by molar-refractivity contribution is 0.0527. The van der Waals surface area contributed by atoms with E-state index in [-0.39, 0.29) is 12.1 Å². The van der Waals surface area contributed by atoms with Gasteiger partial charge in [0.25, 0.3) is 0 Å². The molecule has 1 amide bonds. The predicted molar refractivity (Wildman–Crippen MR) is 89.4 cm³/mol. The summed E-state index contributed by atoms with van der Waals surface area (Å²) in [5, 5.41) is 6.19. The summed E-state index contributed by atoms with van der Waals surface area (Å²) in [6, 6.07) is 8.44. The van der Waals surface area contributed by atoms with Crippen LogP contribution < -0.4 is 10.6 Å². The van der Waals surface area contributed by atoms with Crippen molar-refractivity contribution in [2.24, 2.45) is 0 Å². The van der Waals surface area contributed by atoms with Gasteiger partial charge in [-0.1, -0.05) is 34.1 Å². The molecule has 0 radical (unpaired) electrons. The maximum absolute atomic E-state index is 11.5. The molecule has 0 aliphatic carbocycles. The summed E-state index contributed by atoms with van der Waals surface area (Å²) in [5.74, 6) is 0. The number of carbonyl (C=O) groups is 1. The highest BCUT2D eigenvalue weighted by Crippen LogP contribution is 2.22. The van der Waals surface area contributed by atoms with E-state index in [1.807, 2.05) is 39.0 Å². The van der Waals surface area contributed by atoms with Gasteiger partial charge in [0.2, 0.25) is 0 Å². The van der Waals surface area contributed by atoms with Crippen LogP contribution in [0.1, 0.15) is 45.7 Å². The number of ether oxygens (including phenoxy) is 1. The molecule has 0 aliphatic heterocycles. The van der Waals surface area contributed by atoms with Crippen molar-refractivity contribution in [3.05, 3.63) is 34.3 Å². The fourth-order valence-corrected chi connectivity index (χ4v) is 2.48. The molecule has 1 unspecified atom stereocenters. The van der Waals surface area contributed by atoms with Gasteiger partial charge in [-0.05, 0) is 52.3 Å². The lowest BCUT2D eigenvalue weighted by Crippen LogP contribution is -2.34. The molecule has 0 saturated heterocycles. The van der Waals surface area contributed by atoms with Crippen molar-refractivity contribution in [1.82, 2.24) is 10.6 Å². The van der Waals surface area contributed by atoms with Gasteiger partial charge in [-0.15, -0.1) is 0 Å². The first kappa shape index (κ1) is 18.0. The van der Waals surface area contributed by atoms with E-state index in [0.29, 0.717) is 6.54 Å². The Morgan fingerprint density at radius 2 is 1.95 bits per heavy atom. The highest BCUT2D eigenvalue weighted by Gasteiger charge is 2.15. The summed E-state index contributed by atoms with van der Waals surface area (Å²) in [4.78, 5) is 11.5. The van der Waals surface area contributed by atoms with E-state index in [1.165, 1.54) is 5.56 Å². The summed E-state index contributed by atoms with van der Waals surface area (Å²) >= 11 is 3.55. The predicted octanol–water partition coefficient (Wildman–Crippen LogP) is 4.01. The molecule has 2 N–H and O–H groups in total. The van der Waals surface area contributed by atoms with E-state index in [0.717, 1.165) is 17.4 Å². The van der Waals surface area contributed by atoms with Gasteiger partial charge in [-0.2, -0.15) is 0 Å². The minimum atomic E-state index is -0.448. The molecule has 5 heteroatoms. The van der Waals surface area contributed by atoms with Crippen molar-refractivity contribution in [3.8, 4) is 0 Å². The molecule has 0 aromatic heterocycles. The van der Waals surface area contributed by atoms with Crippen molar-refractivity contribution in [2.75, 3.05) is 13.1 Å². The molecule has 0 fully saturated rings. The van der Waals surface area contributed by atoms with Crippen LogP contribution in [0.5, 0.6) is 0 Å². The third-order valence-electron chi connectivity index (χ3n) is 2.84. The molecule has 1 aromatic rings. The summed E-state index contributed by atoms with van der Waals surface area (Å²) < 4.78 is 6.28. The van der Waals surface area contributed by atoms with E-state index < -0.39 is 5.60 Å². The molecule has 118 valence electrons. The number of alkyl carbamates (subject to hydrolysis) is 1. The average Bonchev–Trinajstić information content (AvgIpc) is 2.36.